The molecule has 4 nitrogen and oxygen atoms in total. The fourth-order valence-corrected chi connectivity index (χ4v) is 4.63. The van der Waals surface area contributed by atoms with Crippen molar-refractivity contribution in [1.29, 1.82) is 0 Å². The Kier molecular flexibility index (Phi) is 8.17. The summed E-state index contributed by atoms with van der Waals surface area (Å²) in [4.78, 5) is 17.1. The van der Waals surface area contributed by atoms with Crippen LogP contribution in [0.2, 0.25) is 5.02 Å². The summed E-state index contributed by atoms with van der Waals surface area (Å²) in [6, 6.07) is 18.6. The van der Waals surface area contributed by atoms with Gasteiger partial charge in [0.15, 0.2) is 0 Å². The molecular formula is C25H33ClN2O2. The van der Waals surface area contributed by atoms with Gasteiger partial charge in [0.05, 0.1) is 13.5 Å². The van der Waals surface area contributed by atoms with Crippen LogP contribution in [-0.4, -0.2) is 50.7 Å². The van der Waals surface area contributed by atoms with Gasteiger partial charge in [0.25, 0.3) is 0 Å². The van der Waals surface area contributed by atoms with E-state index in [1.165, 1.54) is 18.4 Å². The van der Waals surface area contributed by atoms with Crippen LogP contribution >= 0.6 is 11.6 Å². The summed E-state index contributed by atoms with van der Waals surface area (Å²) in [7, 11) is 1.48. The molecule has 162 valence electrons. The van der Waals surface area contributed by atoms with Crippen LogP contribution in [0, 0.1) is 0 Å². The van der Waals surface area contributed by atoms with E-state index in [1.54, 1.807) is 0 Å². The number of carbonyl (C=O) groups excluding carboxylic acids is 1. The van der Waals surface area contributed by atoms with E-state index in [-0.39, 0.29) is 11.4 Å². The minimum absolute atomic E-state index is 0.128. The second-order valence-electron chi connectivity index (χ2n) is 8.16. The lowest BCUT2D eigenvalue weighted by molar-refractivity contribution is -0.142. The molecule has 1 atom stereocenters. The first-order valence-corrected chi connectivity index (χ1v) is 11.3. The molecular weight excluding hydrogens is 396 g/mol. The standard InChI is InChI=1S/C25H33ClN2O2/c1-3-25(20-24(29)30-2,21-8-5-4-6-9-21)14-7-15-27-16-18-28(19-17-27)23-12-10-22(26)11-13-23/h4-6,8-13H,3,7,14-20H2,1-2H3. The van der Waals surface area contributed by atoms with Gasteiger partial charge in [-0.3, -0.25) is 9.69 Å². The molecule has 1 saturated heterocycles. The van der Waals surface area contributed by atoms with E-state index in [9.17, 15) is 4.79 Å². The van der Waals surface area contributed by atoms with Gasteiger partial charge in [0.1, 0.15) is 0 Å². The van der Waals surface area contributed by atoms with E-state index in [4.69, 9.17) is 16.3 Å². The molecule has 1 aliphatic rings. The highest BCUT2D eigenvalue weighted by molar-refractivity contribution is 6.30. The van der Waals surface area contributed by atoms with Crippen LogP contribution in [0.3, 0.4) is 0 Å². The Labute approximate surface area is 185 Å². The van der Waals surface area contributed by atoms with E-state index in [0.717, 1.165) is 57.0 Å². The molecule has 0 saturated carbocycles. The van der Waals surface area contributed by atoms with Gasteiger partial charge in [-0.05, 0) is 55.6 Å². The number of benzene rings is 2. The first-order chi connectivity index (χ1) is 14.6. The van der Waals surface area contributed by atoms with Gasteiger partial charge in [-0.2, -0.15) is 0 Å². The molecule has 1 aliphatic heterocycles. The molecule has 1 fully saturated rings. The van der Waals surface area contributed by atoms with Crippen molar-refractivity contribution in [2.45, 2.75) is 38.0 Å². The Morgan fingerprint density at radius 2 is 1.70 bits per heavy atom. The van der Waals surface area contributed by atoms with E-state index in [1.807, 2.05) is 18.2 Å². The maximum Gasteiger partial charge on any atom is 0.306 e. The number of rotatable bonds is 9. The molecule has 1 unspecified atom stereocenters. The van der Waals surface area contributed by atoms with Crippen molar-refractivity contribution in [2.24, 2.45) is 0 Å². The van der Waals surface area contributed by atoms with Gasteiger partial charge < -0.3 is 9.64 Å². The zero-order chi connectivity index (χ0) is 21.4. The SMILES string of the molecule is CCC(CCCN1CCN(c2ccc(Cl)cc2)CC1)(CC(=O)OC)c1ccccc1. The second kappa shape index (κ2) is 10.8. The van der Waals surface area contributed by atoms with Crippen LogP contribution in [0.4, 0.5) is 5.69 Å². The second-order valence-corrected chi connectivity index (χ2v) is 8.60. The van der Waals surface area contributed by atoms with Crippen LogP contribution in [0.5, 0.6) is 0 Å². The lowest BCUT2D eigenvalue weighted by Gasteiger charge is -2.37. The van der Waals surface area contributed by atoms with Crippen LogP contribution in [0.1, 0.15) is 38.2 Å². The number of halogens is 1. The molecule has 0 aliphatic carbocycles. The van der Waals surface area contributed by atoms with Crippen molar-refractivity contribution >= 4 is 23.3 Å². The fourth-order valence-electron chi connectivity index (χ4n) is 4.50. The maximum atomic E-state index is 12.2. The van der Waals surface area contributed by atoms with E-state index < -0.39 is 0 Å². The number of piperazine rings is 1. The lowest BCUT2D eigenvalue weighted by Crippen LogP contribution is -2.46. The Bertz CT molecular complexity index is 789. The van der Waals surface area contributed by atoms with Crippen molar-refractivity contribution in [2.75, 3.05) is 44.7 Å². The first-order valence-electron chi connectivity index (χ1n) is 10.9. The third-order valence-electron chi connectivity index (χ3n) is 6.47. The molecule has 0 radical (unpaired) electrons. The van der Waals surface area contributed by atoms with Gasteiger partial charge in [0, 0.05) is 42.3 Å². The summed E-state index contributed by atoms with van der Waals surface area (Å²) in [5, 5.41) is 0.780. The van der Waals surface area contributed by atoms with Crippen molar-refractivity contribution in [3.05, 3.63) is 65.2 Å². The average Bonchev–Trinajstić information content (AvgIpc) is 2.80. The van der Waals surface area contributed by atoms with Crippen molar-refractivity contribution < 1.29 is 9.53 Å². The number of esters is 1. The number of carbonyl (C=O) groups is 1. The van der Waals surface area contributed by atoms with Crippen molar-refractivity contribution in [3.8, 4) is 0 Å². The molecule has 2 aromatic rings. The number of hydrogen-bond donors (Lipinski definition) is 0. The zero-order valence-electron chi connectivity index (χ0n) is 18.1. The molecule has 5 heteroatoms. The predicted molar refractivity (Wildman–Crippen MR) is 124 cm³/mol. The molecule has 30 heavy (non-hydrogen) atoms. The average molecular weight is 429 g/mol. The highest BCUT2D eigenvalue weighted by Crippen LogP contribution is 2.37. The highest BCUT2D eigenvalue weighted by atomic mass is 35.5. The van der Waals surface area contributed by atoms with Crippen molar-refractivity contribution in [3.63, 3.8) is 0 Å². The number of hydrogen-bond acceptors (Lipinski definition) is 4. The minimum Gasteiger partial charge on any atom is -0.469 e. The lowest BCUT2D eigenvalue weighted by atomic mass is 9.72. The quantitative estimate of drug-likeness (QED) is 0.517. The number of anilines is 1. The molecule has 0 bridgehead atoms. The van der Waals surface area contributed by atoms with Crippen LogP contribution < -0.4 is 4.90 Å². The summed E-state index contributed by atoms with van der Waals surface area (Å²) in [5.41, 5.74) is 2.33. The van der Waals surface area contributed by atoms with E-state index in [0.29, 0.717) is 6.42 Å². The van der Waals surface area contributed by atoms with Crippen LogP contribution in [0.15, 0.2) is 54.6 Å². The van der Waals surface area contributed by atoms with Crippen LogP contribution in [-0.2, 0) is 14.9 Å². The summed E-state index contributed by atoms with van der Waals surface area (Å²) in [6.07, 6.45) is 3.42. The van der Waals surface area contributed by atoms with Crippen LogP contribution in [0.25, 0.3) is 0 Å². The monoisotopic (exact) mass is 428 g/mol. The van der Waals surface area contributed by atoms with Gasteiger partial charge in [0.2, 0.25) is 0 Å². The molecule has 0 N–H and O–H groups in total. The van der Waals surface area contributed by atoms with E-state index >= 15 is 0 Å². The Morgan fingerprint density at radius 3 is 2.30 bits per heavy atom. The molecule has 2 aromatic carbocycles. The fraction of sp³-hybridized carbons (Fsp3) is 0.480. The van der Waals surface area contributed by atoms with Gasteiger partial charge in [-0.1, -0.05) is 48.9 Å². The summed E-state index contributed by atoms with van der Waals surface area (Å²) in [5.74, 6) is -0.128. The number of nitrogens with zero attached hydrogens (tertiary/aromatic N) is 2. The summed E-state index contributed by atoms with van der Waals surface area (Å²) >= 11 is 6.01. The third-order valence-corrected chi connectivity index (χ3v) is 6.72. The molecule has 0 spiro atoms. The Balaban J connectivity index is 1.55. The van der Waals surface area contributed by atoms with Crippen molar-refractivity contribution in [1.82, 2.24) is 4.90 Å². The highest BCUT2D eigenvalue weighted by Gasteiger charge is 2.33. The van der Waals surface area contributed by atoms with Gasteiger partial charge in [-0.15, -0.1) is 0 Å². The topological polar surface area (TPSA) is 32.8 Å². The third kappa shape index (κ3) is 5.77. The smallest absolute Gasteiger partial charge is 0.306 e. The largest absolute Gasteiger partial charge is 0.469 e. The number of methoxy groups -OCH3 is 1. The maximum absolute atomic E-state index is 12.2. The Hall–Kier alpha value is -2.04. The minimum atomic E-state index is -0.153. The zero-order valence-corrected chi connectivity index (χ0v) is 18.9. The summed E-state index contributed by atoms with van der Waals surface area (Å²) in [6.45, 7) is 7.42. The molecule has 0 amide bonds. The first kappa shape index (κ1) is 22.6. The van der Waals surface area contributed by atoms with Gasteiger partial charge in [-0.25, -0.2) is 0 Å². The summed E-state index contributed by atoms with van der Waals surface area (Å²) < 4.78 is 5.02. The number of ether oxygens (including phenoxy) is 1. The Morgan fingerprint density at radius 1 is 1.03 bits per heavy atom. The molecule has 1 heterocycles. The predicted octanol–water partition coefficient (Wildman–Crippen LogP) is 5.15. The van der Waals surface area contributed by atoms with Gasteiger partial charge >= 0.3 is 5.97 Å². The van der Waals surface area contributed by atoms with E-state index in [2.05, 4.69) is 53.1 Å². The normalized spacial score (nSPS) is 16.8. The molecule has 3 rings (SSSR count). The molecule has 0 aromatic heterocycles.